The molecule has 0 saturated heterocycles. The normalized spacial score (nSPS) is 13.1. The van der Waals surface area contributed by atoms with Crippen LogP contribution in [0.25, 0.3) is 0 Å². The molecule has 0 aromatic heterocycles. The van der Waals surface area contributed by atoms with Gasteiger partial charge in [0.15, 0.2) is 0 Å². The predicted molar refractivity (Wildman–Crippen MR) is 42.6 cm³/mol. The quantitative estimate of drug-likeness (QED) is 0.645. The van der Waals surface area contributed by atoms with Crippen LogP contribution in [-0.4, -0.2) is 12.1 Å². The Bertz CT molecular complexity index is 113. The summed E-state index contributed by atoms with van der Waals surface area (Å²) in [7, 11) is 0. The third-order valence-electron chi connectivity index (χ3n) is 1.31. The number of hydrogen-bond acceptors (Lipinski definition) is 2. The highest BCUT2D eigenvalue weighted by Gasteiger charge is 2.01. The fourth-order valence-electron chi connectivity index (χ4n) is 0.933. The van der Waals surface area contributed by atoms with Crippen LogP contribution in [0.15, 0.2) is 0 Å². The van der Waals surface area contributed by atoms with Gasteiger partial charge in [-0.1, -0.05) is 13.8 Å². The van der Waals surface area contributed by atoms with Crippen molar-refractivity contribution in [1.29, 1.82) is 5.26 Å². The molecular formula is C8H16N2. The average Bonchev–Trinajstić information content (AvgIpc) is 1.82. The summed E-state index contributed by atoms with van der Waals surface area (Å²) in [5, 5.41) is 11.6. The van der Waals surface area contributed by atoms with Crippen molar-refractivity contribution in [2.75, 3.05) is 0 Å². The highest BCUT2D eigenvalue weighted by Crippen LogP contribution is 1.95. The monoisotopic (exact) mass is 140 g/mol. The van der Waals surface area contributed by atoms with Gasteiger partial charge in [-0.15, -0.1) is 0 Å². The molecule has 0 aliphatic carbocycles. The summed E-state index contributed by atoms with van der Waals surface area (Å²) in [4.78, 5) is 0. The lowest BCUT2D eigenvalue weighted by molar-refractivity contribution is 0.469. The minimum absolute atomic E-state index is 0.472. The van der Waals surface area contributed by atoms with E-state index in [0.717, 1.165) is 6.42 Å². The van der Waals surface area contributed by atoms with Gasteiger partial charge in [0, 0.05) is 18.5 Å². The van der Waals surface area contributed by atoms with E-state index in [0.29, 0.717) is 18.5 Å². The molecule has 0 rings (SSSR count). The Kier molecular flexibility index (Phi) is 4.96. The largest absolute Gasteiger partial charge is 0.312 e. The lowest BCUT2D eigenvalue weighted by Gasteiger charge is -2.14. The van der Waals surface area contributed by atoms with Gasteiger partial charge in [0.2, 0.25) is 0 Å². The molecule has 0 aliphatic rings. The molecule has 1 unspecified atom stereocenters. The van der Waals surface area contributed by atoms with Crippen molar-refractivity contribution < 1.29 is 0 Å². The minimum atomic E-state index is 0.472. The molecule has 1 N–H and O–H groups in total. The zero-order valence-electron chi connectivity index (χ0n) is 7.02. The Morgan fingerprint density at radius 2 is 2.00 bits per heavy atom. The number of rotatable bonds is 4. The maximum atomic E-state index is 8.27. The molecule has 0 saturated carbocycles. The summed E-state index contributed by atoms with van der Waals surface area (Å²) in [6.07, 6.45) is 1.61. The third-order valence-corrected chi connectivity index (χ3v) is 1.31. The Labute approximate surface area is 63.2 Å². The summed E-state index contributed by atoms with van der Waals surface area (Å²) < 4.78 is 0. The fraction of sp³-hybridized carbons (Fsp3) is 0.875. The van der Waals surface area contributed by atoms with Gasteiger partial charge in [0.1, 0.15) is 0 Å². The van der Waals surface area contributed by atoms with Crippen molar-refractivity contribution >= 4 is 0 Å². The summed E-state index contributed by atoms with van der Waals surface area (Å²) in [5.74, 6) is 0. The molecule has 10 heavy (non-hydrogen) atoms. The second kappa shape index (κ2) is 5.25. The van der Waals surface area contributed by atoms with Crippen LogP contribution in [0.3, 0.4) is 0 Å². The van der Waals surface area contributed by atoms with E-state index in [9.17, 15) is 0 Å². The molecule has 0 amide bonds. The third kappa shape index (κ3) is 5.58. The minimum Gasteiger partial charge on any atom is -0.312 e. The molecule has 0 aliphatic heterocycles. The zero-order chi connectivity index (χ0) is 7.98. The van der Waals surface area contributed by atoms with Crippen LogP contribution in [-0.2, 0) is 0 Å². The van der Waals surface area contributed by atoms with E-state index in [-0.39, 0.29) is 0 Å². The summed E-state index contributed by atoms with van der Waals surface area (Å²) in [5.41, 5.74) is 0. The summed E-state index contributed by atoms with van der Waals surface area (Å²) in [6.45, 7) is 6.34. The Morgan fingerprint density at radius 3 is 2.40 bits per heavy atom. The number of nitriles is 1. The zero-order valence-corrected chi connectivity index (χ0v) is 7.02. The first-order valence-corrected chi connectivity index (χ1v) is 3.79. The SMILES string of the molecule is CC(C)NC(C)CCC#N. The van der Waals surface area contributed by atoms with Gasteiger partial charge in [-0.25, -0.2) is 0 Å². The van der Waals surface area contributed by atoms with Gasteiger partial charge in [-0.2, -0.15) is 5.26 Å². The number of hydrogen-bond donors (Lipinski definition) is 1. The van der Waals surface area contributed by atoms with Gasteiger partial charge >= 0.3 is 0 Å². The second-order valence-corrected chi connectivity index (χ2v) is 2.92. The smallest absolute Gasteiger partial charge is 0.0622 e. The van der Waals surface area contributed by atoms with Gasteiger partial charge in [0.05, 0.1) is 6.07 Å². The first-order chi connectivity index (χ1) is 4.66. The van der Waals surface area contributed by atoms with Crippen molar-refractivity contribution in [3.8, 4) is 6.07 Å². The molecule has 0 radical (unpaired) electrons. The highest BCUT2D eigenvalue weighted by atomic mass is 14.9. The second-order valence-electron chi connectivity index (χ2n) is 2.92. The van der Waals surface area contributed by atoms with Crippen LogP contribution < -0.4 is 5.32 Å². The molecular weight excluding hydrogens is 124 g/mol. The van der Waals surface area contributed by atoms with Crippen molar-refractivity contribution in [2.24, 2.45) is 0 Å². The van der Waals surface area contributed by atoms with E-state index in [4.69, 9.17) is 5.26 Å². The first-order valence-electron chi connectivity index (χ1n) is 3.79. The summed E-state index contributed by atoms with van der Waals surface area (Å²) >= 11 is 0. The van der Waals surface area contributed by atoms with Gasteiger partial charge in [0.25, 0.3) is 0 Å². The van der Waals surface area contributed by atoms with E-state index in [1.807, 2.05) is 0 Å². The van der Waals surface area contributed by atoms with Gasteiger partial charge < -0.3 is 5.32 Å². The maximum absolute atomic E-state index is 8.27. The van der Waals surface area contributed by atoms with Crippen molar-refractivity contribution in [1.82, 2.24) is 5.32 Å². The van der Waals surface area contributed by atoms with Crippen molar-refractivity contribution in [2.45, 2.75) is 45.7 Å². The molecule has 0 aromatic carbocycles. The van der Waals surface area contributed by atoms with Crippen LogP contribution in [0.2, 0.25) is 0 Å². The van der Waals surface area contributed by atoms with Crippen LogP contribution in [0, 0.1) is 11.3 Å². The van der Waals surface area contributed by atoms with Gasteiger partial charge in [-0.05, 0) is 13.3 Å². The molecule has 2 heteroatoms. The molecule has 0 spiro atoms. The van der Waals surface area contributed by atoms with Crippen molar-refractivity contribution in [3.05, 3.63) is 0 Å². The number of nitrogens with one attached hydrogen (secondary N) is 1. The molecule has 2 nitrogen and oxygen atoms in total. The molecule has 0 fully saturated rings. The van der Waals surface area contributed by atoms with E-state index in [2.05, 4.69) is 32.2 Å². The molecule has 1 atom stereocenters. The summed E-state index contributed by atoms with van der Waals surface area (Å²) in [6, 6.07) is 3.13. The highest BCUT2D eigenvalue weighted by molar-refractivity contribution is 4.73. The molecule has 0 bridgehead atoms. The predicted octanol–water partition coefficient (Wildman–Crippen LogP) is 1.68. The van der Waals surface area contributed by atoms with Gasteiger partial charge in [-0.3, -0.25) is 0 Å². The van der Waals surface area contributed by atoms with E-state index >= 15 is 0 Å². The van der Waals surface area contributed by atoms with Crippen LogP contribution in [0.5, 0.6) is 0 Å². The topological polar surface area (TPSA) is 35.8 Å². The first kappa shape index (κ1) is 9.45. The standard InChI is InChI=1S/C8H16N2/c1-7(2)10-8(3)5-4-6-9/h7-8,10H,4-5H2,1-3H3. The van der Waals surface area contributed by atoms with Crippen molar-refractivity contribution in [3.63, 3.8) is 0 Å². The molecule has 0 aromatic rings. The fourth-order valence-corrected chi connectivity index (χ4v) is 0.933. The van der Waals surface area contributed by atoms with E-state index in [1.165, 1.54) is 0 Å². The lowest BCUT2D eigenvalue weighted by atomic mass is 10.2. The molecule has 0 heterocycles. The number of nitrogens with zero attached hydrogens (tertiary/aromatic N) is 1. The molecule has 58 valence electrons. The van der Waals surface area contributed by atoms with Crippen LogP contribution >= 0.6 is 0 Å². The Morgan fingerprint density at radius 1 is 1.40 bits per heavy atom. The average molecular weight is 140 g/mol. The Balaban J connectivity index is 3.27. The lowest BCUT2D eigenvalue weighted by Crippen LogP contribution is -2.32. The van der Waals surface area contributed by atoms with Crippen LogP contribution in [0.1, 0.15) is 33.6 Å². The maximum Gasteiger partial charge on any atom is 0.0622 e. The Hall–Kier alpha value is -0.550. The van der Waals surface area contributed by atoms with E-state index in [1.54, 1.807) is 0 Å². The van der Waals surface area contributed by atoms with Crippen LogP contribution in [0.4, 0.5) is 0 Å². The van der Waals surface area contributed by atoms with E-state index < -0.39 is 0 Å².